The van der Waals surface area contributed by atoms with Crippen molar-refractivity contribution in [2.24, 2.45) is 0 Å². The third-order valence-electron chi connectivity index (χ3n) is 2.33. The van der Waals surface area contributed by atoms with Crippen LogP contribution in [0.2, 0.25) is 0 Å². The highest BCUT2D eigenvalue weighted by atomic mass is 79.9. The normalized spacial score (nSPS) is 11.7. The van der Waals surface area contributed by atoms with E-state index in [1.165, 1.54) is 6.07 Å². The van der Waals surface area contributed by atoms with E-state index in [4.69, 9.17) is 4.42 Å². The number of nitrogens with zero attached hydrogens (tertiary/aromatic N) is 2. The lowest BCUT2D eigenvalue weighted by Gasteiger charge is -2.10. The molecule has 2 rings (SSSR count). The van der Waals surface area contributed by atoms with Crippen molar-refractivity contribution >= 4 is 27.6 Å². The van der Waals surface area contributed by atoms with Crippen LogP contribution >= 0.6 is 15.9 Å². The highest BCUT2D eigenvalue weighted by molar-refractivity contribution is 9.10. The van der Waals surface area contributed by atoms with E-state index in [2.05, 4.69) is 36.8 Å². The molecule has 0 bridgehead atoms. The van der Waals surface area contributed by atoms with Crippen LogP contribution in [0.15, 0.2) is 27.1 Å². The summed E-state index contributed by atoms with van der Waals surface area (Å²) < 4.78 is 43.6. The molecule has 0 aliphatic rings. The molecule has 2 N–H and O–H groups in total. The lowest BCUT2D eigenvalue weighted by atomic mass is 10.2. The van der Waals surface area contributed by atoms with Crippen molar-refractivity contribution in [3.63, 3.8) is 0 Å². The van der Waals surface area contributed by atoms with E-state index in [1.54, 1.807) is 7.05 Å². The van der Waals surface area contributed by atoms with Gasteiger partial charge in [0.15, 0.2) is 0 Å². The molecule has 0 atom stereocenters. The van der Waals surface area contributed by atoms with Crippen molar-refractivity contribution < 1.29 is 17.6 Å². The Morgan fingerprint density at radius 3 is 2.70 bits per heavy atom. The van der Waals surface area contributed by atoms with E-state index < -0.39 is 11.7 Å². The summed E-state index contributed by atoms with van der Waals surface area (Å²) in [5.74, 6) is 0.332. The fourth-order valence-corrected chi connectivity index (χ4v) is 1.79. The molecular formula is C11H10BrF3N4O. The number of rotatable bonds is 4. The van der Waals surface area contributed by atoms with Crippen LogP contribution in [0, 0.1) is 0 Å². The van der Waals surface area contributed by atoms with Gasteiger partial charge in [-0.1, -0.05) is 5.10 Å². The van der Waals surface area contributed by atoms with Gasteiger partial charge in [-0.2, -0.15) is 13.2 Å². The van der Waals surface area contributed by atoms with Gasteiger partial charge in [-0.15, -0.1) is 5.10 Å². The van der Waals surface area contributed by atoms with E-state index in [0.29, 0.717) is 16.9 Å². The SMILES string of the molecule is CNCc1nnc(Nc2cc(C(F)(F)F)ccc2Br)o1. The van der Waals surface area contributed by atoms with E-state index in [1.807, 2.05) is 0 Å². The summed E-state index contributed by atoms with van der Waals surface area (Å²) in [6.45, 7) is 0.373. The summed E-state index contributed by atoms with van der Waals surface area (Å²) in [5.41, 5.74) is -0.572. The van der Waals surface area contributed by atoms with Crippen LogP contribution in [-0.4, -0.2) is 17.2 Å². The van der Waals surface area contributed by atoms with Gasteiger partial charge in [-0.25, -0.2) is 0 Å². The van der Waals surface area contributed by atoms with Crippen molar-refractivity contribution in [3.05, 3.63) is 34.1 Å². The molecule has 0 fully saturated rings. The Morgan fingerprint density at radius 2 is 2.05 bits per heavy atom. The molecule has 108 valence electrons. The van der Waals surface area contributed by atoms with Crippen molar-refractivity contribution in [2.45, 2.75) is 12.7 Å². The molecule has 1 heterocycles. The lowest BCUT2D eigenvalue weighted by molar-refractivity contribution is -0.137. The standard InChI is InChI=1S/C11H10BrF3N4O/c1-16-5-9-18-19-10(20-9)17-8-4-6(11(13,14)15)2-3-7(8)12/h2-4,16H,5H2,1H3,(H,17,19). The maximum absolute atomic E-state index is 12.6. The molecular weight excluding hydrogens is 341 g/mol. The number of hydrogen-bond acceptors (Lipinski definition) is 5. The van der Waals surface area contributed by atoms with Crippen molar-refractivity contribution in [1.82, 2.24) is 15.5 Å². The molecule has 9 heteroatoms. The minimum atomic E-state index is -4.41. The molecule has 0 aliphatic heterocycles. The van der Waals surface area contributed by atoms with Gasteiger partial charge < -0.3 is 15.1 Å². The number of halogens is 4. The molecule has 1 aromatic heterocycles. The predicted molar refractivity (Wildman–Crippen MR) is 69.5 cm³/mol. The smallest absolute Gasteiger partial charge is 0.406 e. The predicted octanol–water partition coefficient (Wildman–Crippen LogP) is 3.31. The zero-order chi connectivity index (χ0) is 14.8. The third kappa shape index (κ3) is 3.48. The average Bonchev–Trinajstić information content (AvgIpc) is 2.78. The van der Waals surface area contributed by atoms with Crippen LogP contribution in [-0.2, 0) is 12.7 Å². The molecule has 20 heavy (non-hydrogen) atoms. The second kappa shape index (κ2) is 5.80. The first-order valence-corrected chi connectivity index (χ1v) is 6.30. The van der Waals surface area contributed by atoms with Gasteiger partial charge in [0.1, 0.15) is 0 Å². The largest absolute Gasteiger partial charge is 0.416 e. The van der Waals surface area contributed by atoms with Gasteiger partial charge in [-0.3, -0.25) is 0 Å². The Labute approximate surface area is 120 Å². The van der Waals surface area contributed by atoms with Gasteiger partial charge in [0.05, 0.1) is 17.8 Å². The molecule has 0 radical (unpaired) electrons. The van der Waals surface area contributed by atoms with Gasteiger partial charge >= 0.3 is 12.2 Å². The molecule has 0 unspecified atom stereocenters. The monoisotopic (exact) mass is 350 g/mol. The summed E-state index contributed by atoms with van der Waals surface area (Å²) in [6.07, 6.45) is -4.41. The lowest BCUT2D eigenvalue weighted by Crippen LogP contribution is -2.05. The van der Waals surface area contributed by atoms with Crippen molar-refractivity contribution in [2.75, 3.05) is 12.4 Å². The van der Waals surface area contributed by atoms with Crippen LogP contribution < -0.4 is 10.6 Å². The van der Waals surface area contributed by atoms with Gasteiger partial charge in [0.2, 0.25) is 5.89 Å². The molecule has 1 aromatic carbocycles. The fraction of sp³-hybridized carbons (Fsp3) is 0.273. The number of anilines is 2. The number of aromatic nitrogens is 2. The van der Waals surface area contributed by atoms with Gasteiger partial charge in [0, 0.05) is 4.47 Å². The van der Waals surface area contributed by atoms with Crippen LogP contribution in [0.1, 0.15) is 11.5 Å². The summed E-state index contributed by atoms with van der Waals surface area (Å²) in [6, 6.07) is 3.27. The highest BCUT2D eigenvalue weighted by Gasteiger charge is 2.31. The zero-order valence-electron chi connectivity index (χ0n) is 10.3. The Hall–Kier alpha value is -1.61. The van der Waals surface area contributed by atoms with Crippen molar-refractivity contribution in [1.29, 1.82) is 0 Å². The Bertz CT molecular complexity index is 600. The van der Waals surface area contributed by atoms with Crippen LogP contribution in [0.25, 0.3) is 0 Å². The molecule has 0 saturated heterocycles. The minimum Gasteiger partial charge on any atom is -0.406 e. The average molecular weight is 351 g/mol. The molecule has 0 spiro atoms. The summed E-state index contributed by atoms with van der Waals surface area (Å²) in [5, 5.41) is 12.9. The fourth-order valence-electron chi connectivity index (χ4n) is 1.44. The number of hydrogen-bond donors (Lipinski definition) is 2. The topological polar surface area (TPSA) is 63.0 Å². The van der Waals surface area contributed by atoms with Gasteiger partial charge in [0.25, 0.3) is 0 Å². The molecule has 5 nitrogen and oxygen atoms in total. The van der Waals surface area contributed by atoms with E-state index in [0.717, 1.165) is 12.1 Å². The summed E-state index contributed by atoms with van der Waals surface area (Å²) in [7, 11) is 1.71. The Morgan fingerprint density at radius 1 is 1.30 bits per heavy atom. The van der Waals surface area contributed by atoms with E-state index in [9.17, 15) is 13.2 Å². The maximum atomic E-state index is 12.6. The zero-order valence-corrected chi connectivity index (χ0v) is 11.8. The molecule has 0 amide bonds. The van der Waals surface area contributed by atoms with Gasteiger partial charge in [-0.05, 0) is 41.2 Å². The Balaban J connectivity index is 2.23. The van der Waals surface area contributed by atoms with E-state index >= 15 is 0 Å². The van der Waals surface area contributed by atoms with Crippen LogP contribution in [0.3, 0.4) is 0 Å². The first kappa shape index (κ1) is 14.8. The second-order valence-corrected chi connectivity index (χ2v) is 4.70. The summed E-state index contributed by atoms with van der Waals surface area (Å²) >= 11 is 3.16. The molecule has 0 aliphatic carbocycles. The van der Waals surface area contributed by atoms with E-state index in [-0.39, 0.29) is 11.7 Å². The quantitative estimate of drug-likeness (QED) is 0.885. The third-order valence-corrected chi connectivity index (χ3v) is 3.02. The number of nitrogens with one attached hydrogen (secondary N) is 2. The molecule has 0 saturated carbocycles. The first-order valence-electron chi connectivity index (χ1n) is 5.51. The van der Waals surface area contributed by atoms with Crippen LogP contribution in [0.5, 0.6) is 0 Å². The Kier molecular flexibility index (Phi) is 4.29. The van der Waals surface area contributed by atoms with Crippen molar-refractivity contribution in [3.8, 4) is 0 Å². The number of benzene rings is 1. The minimum absolute atomic E-state index is 0.0234. The highest BCUT2D eigenvalue weighted by Crippen LogP contribution is 2.34. The first-order chi connectivity index (χ1) is 9.40. The second-order valence-electron chi connectivity index (χ2n) is 3.85. The number of alkyl halides is 3. The summed E-state index contributed by atoms with van der Waals surface area (Å²) in [4.78, 5) is 0. The molecule has 2 aromatic rings. The van der Waals surface area contributed by atoms with Crippen LogP contribution in [0.4, 0.5) is 24.9 Å². The maximum Gasteiger partial charge on any atom is 0.416 e.